The molecule has 0 aliphatic heterocycles. The Hall–Kier alpha value is -0.0400. The van der Waals surface area contributed by atoms with Crippen molar-refractivity contribution in [2.24, 2.45) is 11.7 Å². The van der Waals surface area contributed by atoms with E-state index in [1.165, 1.54) is 57.8 Å². The molecule has 2 unspecified atom stereocenters. The highest BCUT2D eigenvalue weighted by molar-refractivity contribution is 4.68. The van der Waals surface area contributed by atoms with Crippen molar-refractivity contribution in [3.63, 3.8) is 0 Å². The third-order valence-corrected chi connectivity index (χ3v) is 3.21. The maximum Gasteiger partial charge on any atom is 0.00413 e. The molecule has 0 saturated heterocycles. The van der Waals surface area contributed by atoms with E-state index in [-0.39, 0.29) is 0 Å². The first kappa shape index (κ1) is 15.0. The van der Waals surface area contributed by atoms with Gasteiger partial charge in [0.05, 0.1) is 0 Å². The standard InChI is InChI=1S/C14H31N/c1-4-7-8-11-13(9-5-2)12-14(15)10-6-3/h13-14H,4-12,15H2,1-3H3. The molecule has 0 bridgehead atoms. The number of rotatable bonds is 10. The average Bonchev–Trinajstić information content (AvgIpc) is 2.18. The second kappa shape index (κ2) is 10.5. The molecule has 0 aromatic rings. The predicted molar refractivity (Wildman–Crippen MR) is 70.0 cm³/mol. The van der Waals surface area contributed by atoms with Crippen molar-refractivity contribution < 1.29 is 0 Å². The van der Waals surface area contributed by atoms with E-state index in [1.54, 1.807) is 0 Å². The Bertz CT molecular complexity index is 123. The van der Waals surface area contributed by atoms with Crippen molar-refractivity contribution >= 4 is 0 Å². The second-order valence-electron chi connectivity index (χ2n) is 4.93. The minimum absolute atomic E-state index is 0.452. The van der Waals surface area contributed by atoms with Crippen molar-refractivity contribution in [3.05, 3.63) is 0 Å². The minimum atomic E-state index is 0.452. The molecule has 0 fully saturated rings. The molecule has 0 amide bonds. The first-order chi connectivity index (χ1) is 7.24. The molecule has 0 spiro atoms. The van der Waals surface area contributed by atoms with Crippen LogP contribution in [0.25, 0.3) is 0 Å². The van der Waals surface area contributed by atoms with Gasteiger partial charge in [-0.1, -0.05) is 65.7 Å². The lowest BCUT2D eigenvalue weighted by Crippen LogP contribution is -2.23. The van der Waals surface area contributed by atoms with Crippen LogP contribution < -0.4 is 5.73 Å². The summed E-state index contributed by atoms with van der Waals surface area (Å²) in [6.07, 6.45) is 11.9. The van der Waals surface area contributed by atoms with E-state index in [9.17, 15) is 0 Å². The van der Waals surface area contributed by atoms with E-state index in [0.29, 0.717) is 6.04 Å². The molecule has 0 aliphatic rings. The molecule has 0 heterocycles. The quantitative estimate of drug-likeness (QED) is 0.531. The van der Waals surface area contributed by atoms with E-state index in [4.69, 9.17) is 5.73 Å². The molecular formula is C14H31N. The number of hydrogen-bond donors (Lipinski definition) is 1. The molecular weight excluding hydrogens is 182 g/mol. The topological polar surface area (TPSA) is 26.0 Å². The summed E-state index contributed by atoms with van der Waals surface area (Å²) >= 11 is 0. The highest BCUT2D eigenvalue weighted by atomic mass is 14.6. The van der Waals surface area contributed by atoms with Crippen LogP contribution in [0.2, 0.25) is 0 Å². The molecule has 2 N–H and O–H groups in total. The molecule has 2 atom stereocenters. The van der Waals surface area contributed by atoms with E-state index >= 15 is 0 Å². The molecule has 0 aromatic heterocycles. The van der Waals surface area contributed by atoms with Gasteiger partial charge in [0, 0.05) is 6.04 Å². The maximum absolute atomic E-state index is 6.12. The summed E-state index contributed by atoms with van der Waals surface area (Å²) in [4.78, 5) is 0. The summed E-state index contributed by atoms with van der Waals surface area (Å²) in [7, 11) is 0. The van der Waals surface area contributed by atoms with Crippen LogP contribution >= 0.6 is 0 Å². The van der Waals surface area contributed by atoms with Crippen LogP contribution in [0.3, 0.4) is 0 Å². The van der Waals surface area contributed by atoms with Crippen molar-refractivity contribution in [3.8, 4) is 0 Å². The highest BCUT2D eigenvalue weighted by Crippen LogP contribution is 2.21. The van der Waals surface area contributed by atoms with Gasteiger partial charge in [-0.05, 0) is 18.8 Å². The molecule has 1 heteroatoms. The van der Waals surface area contributed by atoms with Crippen molar-refractivity contribution in [1.29, 1.82) is 0 Å². The van der Waals surface area contributed by atoms with Gasteiger partial charge in [-0.15, -0.1) is 0 Å². The summed E-state index contributed by atoms with van der Waals surface area (Å²) in [6, 6.07) is 0.452. The SMILES string of the molecule is CCCCCC(CCC)CC(N)CCC. The maximum atomic E-state index is 6.12. The van der Waals surface area contributed by atoms with E-state index in [1.807, 2.05) is 0 Å². The van der Waals surface area contributed by atoms with Gasteiger partial charge in [-0.2, -0.15) is 0 Å². The smallest absolute Gasteiger partial charge is 0.00413 e. The van der Waals surface area contributed by atoms with Crippen LogP contribution in [0.15, 0.2) is 0 Å². The van der Waals surface area contributed by atoms with Gasteiger partial charge in [-0.25, -0.2) is 0 Å². The fourth-order valence-electron chi connectivity index (χ4n) is 2.39. The summed E-state index contributed by atoms with van der Waals surface area (Å²) in [5.41, 5.74) is 6.12. The Balaban J connectivity index is 3.70. The van der Waals surface area contributed by atoms with Crippen LogP contribution in [0.1, 0.15) is 78.6 Å². The summed E-state index contributed by atoms with van der Waals surface area (Å²) in [5, 5.41) is 0. The largest absolute Gasteiger partial charge is 0.328 e. The van der Waals surface area contributed by atoms with E-state index < -0.39 is 0 Å². The Labute approximate surface area is 96.8 Å². The van der Waals surface area contributed by atoms with Gasteiger partial charge in [0.1, 0.15) is 0 Å². The summed E-state index contributed by atoms with van der Waals surface area (Å²) in [5.74, 6) is 0.892. The predicted octanol–water partition coefficient (Wildman–Crippen LogP) is 4.50. The zero-order valence-electron chi connectivity index (χ0n) is 11.1. The minimum Gasteiger partial charge on any atom is -0.328 e. The van der Waals surface area contributed by atoms with Crippen LogP contribution in [0.4, 0.5) is 0 Å². The lowest BCUT2D eigenvalue weighted by Gasteiger charge is -2.20. The summed E-state index contributed by atoms with van der Waals surface area (Å²) < 4.78 is 0. The third kappa shape index (κ3) is 8.92. The highest BCUT2D eigenvalue weighted by Gasteiger charge is 2.11. The molecule has 1 nitrogen and oxygen atoms in total. The van der Waals surface area contributed by atoms with Gasteiger partial charge in [0.15, 0.2) is 0 Å². The first-order valence-electron chi connectivity index (χ1n) is 7.00. The lowest BCUT2D eigenvalue weighted by molar-refractivity contribution is 0.357. The van der Waals surface area contributed by atoms with Crippen molar-refractivity contribution in [2.45, 2.75) is 84.6 Å². The van der Waals surface area contributed by atoms with Crippen LogP contribution in [0.5, 0.6) is 0 Å². The molecule has 0 radical (unpaired) electrons. The van der Waals surface area contributed by atoms with Crippen LogP contribution in [-0.2, 0) is 0 Å². The van der Waals surface area contributed by atoms with E-state index in [0.717, 1.165) is 5.92 Å². The molecule has 0 aromatic carbocycles. The van der Waals surface area contributed by atoms with E-state index in [2.05, 4.69) is 20.8 Å². The molecule has 15 heavy (non-hydrogen) atoms. The number of nitrogens with two attached hydrogens (primary N) is 1. The molecule has 0 saturated carbocycles. The van der Waals surface area contributed by atoms with Crippen molar-refractivity contribution in [2.75, 3.05) is 0 Å². The number of hydrogen-bond acceptors (Lipinski definition) is 1. The molecule has 0 aliphatic carbocycles. The van der Waals surface area contributed by atoms with Crippen LogP contribution in [-0.4, -0.2) is 6.04 Å². The normalized spacial score (nSPS) is 15.2. The third-order valence-electron chi connectivity index (χ3n) is 3.21. The lowest BCUT2D eigenvalue weighted by atomic mass is 9.89. The van der Waals surface area contributed by atoms with Gasteiger partial charge in [0.2, 0.25) is 0 Å². The van der Waals surface area contributed by atoms with Gasteiger partial charge >= 0.3 is 0 Å². The Morgan fingerprint density at radius 3 is 2.00 bits per heavy atom. The molecule has 92 valence electrons. The Morgan fingerprint density at radius 2 is 1.47 bits per heavy atom. The zero-order chi connectivity index (χ0) is 11.5. The van der Waals surface area contributed by atoms with Gasteiger partial charge < -0.3 is 5.73 Å². The fourth-order valence-corrected chi connectivity index (χ4v) is 2.39. The Morgan fingerprint density at radius 1 is 0.800 bits per heavy atom. The monoisotopic (exact) mass is 213 g/mol. The van der Waals surface area contributed by atoms with Crippen LogP contribution in [0, 0.1) is 5.92 Å². The average molecular weight is 213 g/mol. The molecule has 0 rings (SSSR count). The fraction of sp³-hybridized carbons (Fsp3) is 1.00. The van der Waals surface area contributed by atoms with Gasteiger partial charge in [-0.3, -0.25) is 0 Å². The van der Waals surface area contributed by atoms with Crippen molar-refractivity contribution in [1.82, 2.24) is 0 Å². The number of unbranched alkanes of at least 4 members (excludes halogenated alkanes) is 2. The first-order valence-corrected chi connectivity index (χ1v) is 7.00. The summed E-state index contributed by atoms with van der Waals surface area (Å²) in [6.45, 7) is 6.79. The Kier molecular flexibility index (Phi) is 10.4. The van der Waals surface area contributed by atoms with Gasteiger partial charge in [0.25, 0.3) is 0 Å². The zero-order valence-corrected chi connectivity index (χ0v) is 11.1. The second-order valence-corrected chi connectivity index (χ2v) is 4.93.